The summed E-state index contributed by atoms with van der Waals surface area (Å²) in [5.41, 5.74) is 16.7. The smallest absolute Gasteiger partial charge is 0.326 e. The summed E-state index contributed by atoms with van der Waals surface area (Å²) in [6.07, 6.45) is 0.842. The van der Waals surface area contributed by atoms with Crippen molar-refractivity contribution in [2.45, 2.75) is 31.3 Å². The van der Waals surface area contributed by atoms with E-state index < -0.39 is 36.4 Å². The van der Waals surface area contributed by atoms with Crippen LogP contribution in [0.1, 0.15) is 18.4 Å². The number of hydrogen-bond donors (Lipinski definition) is 7. The van der Waals surface area contributed by atoms with Gasteiger partial charge in [-0.1, -0.05) is 12.1 Å². The first-order valence-electron chi connectivity index (χ1n) is 8.57. The van der Waals surface area contributed by atoms with Crippen LogP contribution in [0.5, 0.6) is 5.75 Å². The number of carbonyl (C=O) groups excluding carboxylic acids is 2. The molecule has 0 aliphatic heterocycles. The summed E-state index contributed by atoms with van der Waals surface area (Å²) >= 11 is 0. The van der Waals surface area contributed by atoms with Gasteiger partial charge in [-0.2, -0.15) is 0 Å². The second-order valence-electron chi connectivity index (χ2n) is 6.10. The van der Waals surface area contributed by atoms with E-state index in [9.17, 15) is 24.6 Å². The number of hydrogen-bond acceptors (Lipinski definition) is 6. The second-order valence-corrected chi connectivity index (χ2v) is 6.10. The van der Waals surface area contributed by atoms with Crippen LogP contribution in [0.15, 0.2) is 29.3 Å². The van der Waals surface area contributed by atoms with Gasteiger partial charge in [-0.05, 0) is 30.5 Å². The number of aliphatic imine (C=N–C) groups is 1. The van der Waals surface area contributed by atoms with Crippen molar-refractivity contribution in [2.24, 2.45) is 22.2 Å². The van der Waals surface area contributed by atoms with Crippen LogP contribution in [0.3, 0.4) is 0 Å². The topological polar surface area (TPSA) is 206 Å². The number of carboxylic acid groups (broad SMARTS) is 1. The summed E-state index contributed by atoms with van der Waals surface area (Å²) in [5.74, 6) is -2.41. The Balaban J connectivity index is 2.43. The molecule has 10 N–H and O–H groups in total. The fourth-order valence-corrected chi connectivity index (χ4v) is 2.26. The zero-order valence-corrected chi connectivity index (χ0v) is 15.3. The quantitative estimate of drug-likeness (QED) is 0.127. The largest absolute Gasteiger partial charge is 0.508 e. The number of amides is 2. The van der Waals surface area contributed by atoms with Gasteiger partial charge in [-0.25, -0.2) is 4.79 Å². The maximum Gasteiger partial charge on any atom is 0.326 e. The van der Waals surface area contributed by atoms with Gasteiger partial charge in [-0.15, -0.1) is 0 Å². The Bertz CT molecular complexity index is 702. The van der Waals surface area contributed by atoms with Crippen LogP contribution in [0, 0.1) is 0 Å². The summed E-state index contributed by atoms with van der Waals surface area (Å²) in [4.78, 5) is 38.9. The molecule has 0 saturated carbocycles. The van der Waals surface area contributed by atoms with Crippen LogP contribution in [0.2, 0.25) is 0 Å². The second kappa shape index (κ2) is 11.4. The van der Waals surface area contributed by atoms with Gasteiger partial charge in [-0.3, -0.25) is 14.6 Å². The lowest BCUT2D eigenvalue weighted by atomic mass is 10.1. The molecule has 11 nitrogen and oxygen atoms in total. The number of benzene rings is 1. The highest BCUT2D eigenvalue weighted by molar-refractivity contribution is 5.89. The van der Waals surface area contributed by atoms with E-state index in [2.05, 4.69) is 15.6 Å². The van der Waals surface area contributed by atoms with Crippen LogP contribution in [-0.4, -0.2) is 59.1 Å². The Morgan fingerprint density at radius 1 is 1.14 bits per heavy atom. The molecule has 1 rings (SSSR count). The fraction of sp³-hybridized carbons (Fsp3) is 0.412. The molecule has 0 radical (unpaired) electrons. The Hall–Kier alpha value is -3.34. The van der Waals surface area contributed by atoms with Crippen LogP contribution < -0.4 is 27.8 Å². The Morgan fingerprint density at radius 3 is 2.36 bits per heavy atom. The first-order chi connectivity index (χ1) is 13.2. The summed E-state index contributed by atoms with van der Waals surface area (Å²) in [6, 6.07) is 3.94. The number of phenols is 1. The summed E-state index contributed by atoms with van der Waals surface area (Å²) < 4.78 is 0. The SMILES string of the molecule is NC(N)=NCCC[C@H](N)C(=O)NCC(=O)N[C@@H](Cc1ccc(O)cc1)C(=O)O. The van der Waals surface area contributed by atoms with Crippen molar-refractivity contribution in [1.82, 2.24) is 10.6 Å². The number of phenolic OH excluding ortho intramolecular Hbond substituents is 1. The van der Waals surface area contributed by atoms with E-state index in [0.717, 1.165) is 0 Å². The maximum absolute atomic E-state index is 11.9. The zero-order valence-electron chi connectivity index (χ0n) is 15.3. The van der Waals surface area contributed by atoms with E-state index in [1.165, 1.54) is 12.1 Å². The van der Waals surface area contributed by atoms with E-state index in [1.807, 2.05) is 0 Å². The van der Waals surface area contributed by atoms with Crippen molar-refractivity contribution in [1.29, 1.82) is 0 Å². The van der Waals surface area contributed by atoms with Crippen molar-refractivity contribution in [2.75, 3.05) is 13.1 Å². The minimum atomic E-state index is -1.22. The molecule has 0 aliphatic rings. The van der Waals surface area contributed by atoms with Crippen molar-refractivity contribution in [3.63, 3.8) is 0 Å². The summed E-state index contributed by atoms with van der Waals surface area (Å²) in [5, 5.41) is 23.2. The van der Waals surface area contributed by atoms with Gasteiger partial charge in [0.05, 0.1) is 12.6 Å². The molecule has 1 aromatic carbocycles. The van der Waals surface area contributed by atoms with E-state index >= 15 is 0 Å². The lowest BCUT2D eigenvalue weighted by Gasteiger charge is -2.16. The molecule has 0 aliphatic carbocycles. The average molecular weight is 394 g/mol. The van der Waals surface area contributed by atoms with Crippen LogP contribution >= 0.6 is 0 Å². The number of nitrogens with zero attached hydrogens (tertiary/aromatic N) is 1. The van der Waals surface area contributed by atoms with Gasteiger partial charge >= 0.3 is 5.97 Å². The third kappa shape index (κ3) is 8.85. The predicted octanol–water partition coefficient (Wildman–Crippen LogP) is -2.00. The molecule has 0 aromatic heterocycles. The van der Waals surface area contributed by atoms with Gasteiger partial charge in [0.2, 0.25) is 11.8 Å². The third-order valence-corrected chi connectivity index (χ3v) is 3.74. The highest BCUT2D eigenvalue weighted by Gasteiger charge is 2.21. The lowest BCUT2D eigenvalue weighted by molar-refractivity contribution is -0.141. The van der Waals surface area contributed by atoms with E-state index in [-0.39, 0.29) is 18.1 Å². The van der Waals surface area contributed by atoms with Crippen LogP contribution in [-0.2, 0) is 20.8 Å². The maximum atomic E-state index is 11.9. The highest BCUT2D eigenvalue weighted by Crippen LogP contribution is 2.11. The normalized spacial score (nSPS) is 12.5. The average Bonchev–Trinajstić information content (AvgIpc) is 2.64. The molecule has 1 aromatic rings. The minimum absolute atomic E-state index is 0.0274. The number of nitrogens with one attached hydrogen (secondary N) is 2. The summed E-state index contributed by atoms with van der Waals surface area (Å²) in [7, 11) is 0. The van der Waals surface area contributed by atoms with E-state index in [0.29, 0.717) is 24.9 Å². The van der Waals surface area contributed by atoms with Crippen molar-refractivity contribution >= 4 is 23.7 Å². The molecule has 2 atom stereocenters. The molecular weight excluding hydrogens is 368 g/mol. The van der Waals surface area contributed by atoms with Gasteiger partial charge in [0.25, 0.3) is 0 Å². The van der Waals surface area contributed by atoms with Gasteiger partial charge in [0.15, 0.2) is 5.96 Å². The molecule has 0 unspecified atom stereocenters. The number of carboxylic acids is 1. The summed E-state index contributed by atoms with van der Waals surface area (Å²) in [6.45, 7) is -0.0683. The molecule has 11 heteroatoms. The first-order valence-corrected chi connectivity index (χ1v) is 8.57. The zero-order chi connectivity index (χ0) is 21.1. The highest BCUT2D eigenvalue weighted by atomic mass is 16.4. The Morgan fingerprint density at radius 2 is 1.79 bits per heavy atom. The van der Waals surface area contributed by atoms with Crippen LogP contribution in [0.25, 0.3) is 0 Å². The first kappa shape index (κ1) is 22.7. The number of rotatable bonds is 11. The molecule has 0 fully saturated rings. The molecule has 28 heavy (non-hydrogen) atoms. The number of carbonyl (C=O) groups is 3. The van der Waals surface area contributed by atoms with Gasteiger partial charge < -0.3 is 38.0 Å². The monoisotopic (exact) mass is 394 g/mol. The molecular formula is C17H26N6O5. The van der Waals surface area contributed by atoms with E-state index in [4.69, 9.17) is 17.2 Å². The Labute approximate surface area is 162 Å². The molecule has 2 amide bonds. The molecule has 0 spiro atoms. The van der Waals surface area contributed by atoms with Crippen molar-refractivity contribution in [3.8, 4) is 5.75 Å². The molecule has 0 heterocycles. The number of aromatic hydroxyl groups is 1. The molecule has 154 valence electrons. The number of aliphatic carboxylic acids is 1. The predicted molar refractivity (Wildman–Crippen MR) is 102 cm³/mol. The van der Waals surface area contributed by atoms with E-state index in [1.54, 1.807) is 12.1 Å². The van der Waals surface area contributed by atoms with Gasteiger partial charge in [0, 0.05) is 13.0 Å². The lowest BCUT2D eigenvalue weighted by Crippen LogP contribution is -2.49. The van der Waals surface area contributed by atoms with Crippen molar-refractivity contribution < 1.29 is 24.6 Å². The number of guanidine groups is 1. The minimum Gasteiger partial charge on any atom is -0.508 e. The third-order valence-electron chi connectivity index (χ3n) is 3.74. The van der Waals surface area contributed by atoms with Gasteiger partial charge in [0.1, 0.15) is 11.8 Å². The molecule has 0 saturated heterocycles. The fourth-order valence-electron chi connectivity index (χ4n) is 2.26. The van der Waals surface area contributed by atoms with Crippen molar-refractivity contribution in [3.05, 3.63) is 29.8 Å². The standard InChI is InChI=1S/C17H26N6O5/c18-12(2-1-7-21-17(19)20)15(26)22-9-14(25)23-13(16(27)28)8-10-3-5-11(24)6-4-10/h3-6,12-13,24H,1-2,7-9,18H2,(H,22,26)(H,23,25)(H,27,28)(H4,19,20,21)/t12-,13-/m0/s1. The number of nitrogens with two attached hydrogens (primary N) is 3. The molecule has 0 bridgehead atoms. The van der Waals surface area contributed by atoms with Crippen LogP contribution in [0.4, 0.5) is 0 Å². The Kier molecular flexibility index (Phi) is 9.23.